The van der Waals surface area contributed by atoms with Crippen molar-refractivity contribution in [2.24, 2.45) is 0 Å². The summed E-state index contributed by atoms with van der Waals surface area (Å²) in [6.07, 6.45) is 1.44. The predicted octanol–water partition coefficient (Wildman–Crippen LogP) is 2.96. The van der Waals surface area contributed by atoms with Crippen molar-refractivity contribution in [2.75, 3.05) is 5.32 Å². The number of carboxylic acids is 1. The van der Waals surface area contributed by atoms with Crippen molar-refractivity contribution in [3.63, 3.8) is 0 Å². The number of benzene rings is 1. The van der Waals surface area contributed by atoms with Gasteiger partial charge >= 0.3 is 5.97 Å². The number of nitrogens with zero attached hydrogens (tertiary/aromatic N) is 4. The SMILES string of the molecule is Cc1cc(NC(=O)c2ccn(CCC(=O)O)n2)nn1Cc1c(F)cccc1Cl. The number of aromatic nitrogens is 4. The van der Waals surface area contributed by atoms with E-state index in [1.165, 1.54) is 33.8 Å². The smallest absolute Gasteiger partial charge is 0.305 e. The fourth-order valence-electron chi connectivity index (χ4n) is 2.56. The van der Waals surface area contributed by atoms with Gasteiger partial charge < -0.3 is 10.4 Å². The molecule has 0 unspecified atom stereocenters. The first-order valence-corrected chi connectivity index (χ1v) is 8.75. The molecule has 0 fully saturated rings. The first-order valence-electron chi connectivity index (χ1n) is 8.37. The normalized spacial score (nSPS) is 10.8. The van der Waals surface area contributed by atoms with Crippen LogP contribution in [0.3, 0.4) is 0 Å². The van der Waals surface area contributed by atoms with Crippen molar-refractivity contribution >= 4 is 29.3 Å². The van der Waals surface area contributed by atoms with Crippen LogP contribution in [0.15, 0.2) is 36.5 Å². The van der Waals surface area contributed by atoms with Crippen LogP contribution in [-0.2, 0) is 17.9 Å². The number of aryl methyl sites for hydroxylation is 2. The van der Waals surface area contributed by atoms with E-state index in [9.17, 15) is 14.0 Å². The highest BCUT2D eigenvalue weighted by Gasteiger charge is 2.15. The summed E-state index contributed by atoms with van der Waals surface area (Å²) in [4.78, 5) is 22.9. The van der Waals surface area contributed by atoms with E-state index in [0.717, 1.165) is 0 Å². The molecule has 0 aliphatic rings. The summed E-state index contributed by atoms with van der Waals surface area (Å²) in [6, 6.07) is 7.58. The third-order valence-electron chi connectivity index (χ3n) is 4.02. The molecule has 3 aromatic rings. The second kappa shape index (κ2) is 8.22. The summed E-state index contributed by atoms with van der Waals surface area (Å²) in [5.74, 6) is -1.57. The largest absolute Gasteiger partial charge is 0.481 e. The van der Waals surface area contributed by atoms with Crippen LogP contribution in [0, 0.1) is 12.7 Å². The minimum Gasteiger partial charge on any atom is -0.481 e. The Morgan fingerprint density at radius 1 is 1.29 bits per heavy atom. The summed E-state index contributed by atoms with van der Waals surface area (Å²) < 4.78 is 16.9. The Labute approximate surface area is 164 Å². The van der Waals surface area contributed by atoms with Gasteiger partial charge in [-0.15, -0.1) is 0 Å². The maximum absolute atomic E-state index is 14.0. The average Bonchev–Trinajstić information content (AvgIpc) is 3.23. The van der Waals surface area contributed by atoms with E-state index in [0.29, 0.717) is 16.3 Å². The van der Waals surface area contributed by atoms with Crippen LogP contribution in [0.1, 0.15) is 28.2 Å². The summed E-state index contributed by atoms with van der Waals surface area (Å²) in [5, 5.41) is 19.9. The third kappa shape index (κ3) is 4.55. The first-order chi connectivity index (χ1) is 13.3. The van der Waals surface area contributed by atoms with Gasteiger partial charge in [0.05, 0.1) is 19.5 Å². The Kier molecular flexibility index (Phi) is 5.74. The second-order valence-electron chi connectivity index (χ2n) is 6.09. The molecule has 2 N–H and O–H groups in total. The molecule has 10 heteroatoms. The lowest BCUT2D eigenvalue weighted by molar-refractivity contribution is -0.137. The van der Waals surface area contributed by atoms with Crippen molar-refractivity contribution in [2.45, 2.75) is 26.4 Å². The highest BCUT2D eigenvalue weighted by atomic mass is 35.5. The lowest BCUT2D eigenvalue weighted by atomic mass is 10.2. The molecule has 2 heterocycles. The van der Waals surface area contributed by atoms with E-state index in [4.69, 9.17) is 16.7 Å². The van der Waals surface area contributed by atoms with Crippen molar-refractivity contribution in [3.8, 4) is 0 Å². The molecule has 0 radical (unpaired) electrons. The molecule has 0 bridgehead atoms. The van der Waals surface area contributed by atoms with Gasteiger partial charge in [-0.25, -0.2) is 4.39 Å². The van der Waals surface area contributed by atoms with Crippen LogP contribution in [-0.4, -0.2) is 36.5 Å². The molecule has 2 aromatic heterocycles. The van der Waals surface area contributed by atoms with Gasteiger partial charge in [-0.2, -0.15) is 10.2 Å². The molecule has 0 aliphatic carbocycles. The first kappa shape index (κ1) is 19.6. The molecule has 1 amide bonds. The van der Waals surface area contributed by atoms with E-state index < -0.39 is 17.7 Å². The Morgan fingerprint density at radius 2 is 2.07 bits per heavy atom. The zero-order valence-electron chi connectivity index (χ0n) is 14.9. The minimum absolute atomic E-state index is 0.0923. The quantitative estimate of drug-likeness (QED) is 0.629. The number of hydrogen-bond acceptors (Lipinski definition) is 4. The number of aliphatic carboxylic acids is 1. The molecule has 3 rings (SSSR count). The van der Waals surface area contributed by atoms with Crippen molar-refractivity contribution < 1.29 is 19.1 Å². The van der Waals surface area contributed by atoms with Gasteiger partial charge in [0, 0.05) is 28.5 Å². The Morgan fingerprint density at radius 3 is 2.79 bits per heavy atom. The number of rotatable bonds is 7. The molecule has 0 saturated heterocycles. The van der Waals surface area contributed by atoms with E-state index >= 15 is 0 Å². The molecule has 146 valence electrons. The fraction of sp³-hybridized carbons (Fsp3) is 0.222. The van der Waals surface area contributed by atoms with E-state index in [2.05, 4.69) is 15.5 Å². The van der Waals surface area contributed by atoms with Crippen molar-refractivity contribution in [1.82, 2.24) is 19.6 Å². The zero-order chi connectivity index (χ0) is 20.3. The molecule has 0 spiro atoms. The van der Waals surface area contributed by atoms with Crippen LogP contribution < -0.4 is 5.32 Å². The predicted molar refractivity (Wildman–Crippen MR) is 99.9 cm³/mol. The number of amides is 1. The maximum Gasteiger partial charge on any atom is 0.305 e. The summed E-state index contributed by atoms with van der Waals surface area (Å²) in [5.41, 5.74) is 1.15. The molecule has 0 atom stereocenters. The van der Waals surface area contributed by atoms with Gasteiger partial charge in [0.1, 0.15) is 5.82 Å². The number of carbonyl (C=O) groups excluding carboxylic acids is 1. The van der Waals surface area contributed by atoms with Gasteiger partial charge in [-0.3, -0.25) is 19.0 Å². The molecule has 0 saturated carbocycles. The number of hydrogen-bond donors (Lipinski definition) is 2. The Balaban J connectivity index is 1.69. The fourth-order valence-corrected chi connectivity index (χ4v) is 2.79. The minimum atomic E-state index is -0.947. The molecular formula is C18H17ClFN5O3. The lowest BCUT2D eigenvalue weighted by Gasteiger charge is -2.07. The lowest BCUT2D eigenvalue weighted by Crippen LogP contribution is -2.15. The number of anilines is 1. The zero-order valence-corrected chi connectivity index (χ0v) is 15.6. The topological polar surface area (TPSA) is 102 Å². The average molecular weight is 406 g/mol. The summed E-state index contributed by atoms with van der Waals surface area (Å²) in [6.45, 7) is 2.06. The van der Waals surface area contributed by atoms with E-state index in [1.54, 1.807) is 19.1 Å². The number of carbonyl (C=O) groups is 2. The Bertz CT molecular complexity index is 1010. The molecule has 8 nitrogen and oxygen atoms in total. The number of halogens is 2. The summed E-state index contributed by atoms with van der Waals surface area (Å²) in [7, 11) is 0. The molecule has 28 heavy (non-hydrogen) atoms. The Hall–Kier alpha value is -3.20. The van der Waals surface area contributed by atoms with Crippen LogP contribution in [0.4, 0.5) is 10.2 Å². The molecular weight excluding hydrogens is 389 g/mol. The highest BCUT2D eigenvalue weighted by molar-refractivity contribution is 6.31. The monoisotopic (exact) mass is 405 g/mol. The van der Waals surface area contributed by atoms with Crippen LogP contribution in [0.25, 0.3) is 0 Å². The molecule has 1 aromatic carbocycles. The summed E-state index contributed by atoms with van der Waals surface area (Å²) >= 11 is 6.05. The van der Waals surface area contributed by atoms with Gasteiger partial charge in [0.2, 0.25) is 0 Å². The van der Waals surface area contributed by atoms with Crippen LogP contribution in [0.2, 0.25) is 5.02 Å². The van der Waals surface area contributed by atoms with E-state index in [1.807, 2.05) is 0 Å². The van der Waals surface area contributed by atoms with Crippen molar-refractivity contribution in [1.29, 1.82) is 0 Å². The van der Waals surface area contributed by atoms with Crippen LogP contribution in [0.5, 0.6) is 0 Å². The van der Waals surface area contributed by atoms with Gasteiger partial charge in [0.15, 0.2) is 11.5 Å². The highest BCUT2D eigenvalue weighted by Crippen LogP contribution is 2.21. The third-order valence-corrected chi connectivity index (χ3v) is 4.37. The van der Waals surface area contributed by atoms with Gasteiger partial charge in [-0.05, 0) is 25.1 Å². The number of carboxylic acid groups (broad SMARTS) is 1. The van der Waals surface area contributed by atoms with Crippen molar-refractivity contribution in [3.05, 3.63) is 64.3 Å². The van der Waals surface area contributed by atoms with Crippen LogP contribution >= 0.6 is 11.6 Å². The van der Waals surface area contributed by atoms with Gasteiger partial charge in [0.25, 0.3) is 5.91 Å². The van der Waals surface area contributed by atoms with Gasteiger partial charge in [-0.1, -0.05) is 17.7 Å². The van der Waals surface area contributed by atoms with E-state index in [-0.39, 0.29) is 31.0 Å². The standard InChI is InChI=1S/C18H17ClFN5O3/c1-11-9-16(23-25(11)10-12-13(19)3-2-4-14(12)20)21-18(28)15-5-7-24(22-15)8-6-17(26)27/h2-5,7,9H,6,8,10H2,1H3,(H,26,27)(H,21,23,28). The number of nitrogens with one attached hydrogen (secondary N) is 1. The second-order valence-corrected chi connectivity index (χ2v) is 6.50. The maximum atomic E-state index is 14.0. The molecule has 0 aliphatic heterocycles.